The fraction of sp³-hybridized carbons (Fsp3) is 0.391. The first kappa shape index (κ1) is 22.3. The van der Waals surface area contributed by atoms with Gasteiger partial charge < -0.3 is 15.1 Å². The highest BCUT2D eigenvalue weighted by molar-refractivity contribution is 5.95. The SMILES string of the molecule is CCc1ccccc1NC(=O)CN(C)C(=O)C1CCN(c2ccccc2[N+](=O)[O-])CC1. The molecule has 1 heterocycles. The number of aryl methyl sites for hydroxylation is 1. The van der Waals surface area contributed by atoms with E-state index in [9.17, 15) is 19.7 Å². The zero-order valence-electron chi connectivity index (χ0n) is 17.9. The highest BCUT2D eigenvalue weighted by Crippen LogP contribution is 2.31. The molecule has 3 rings (SSSR count). The van der Waals surface area contributed by atoms with Crippen molar-refractivity contribution in [2.24, 2.45) is 5.92 Å². The fourth-order valence-electron chi connectivity index (χ4n) is 4.00. The van der Waals surface area contributed by atoms with E-state index in [-0.39, 0.29) is 34.9 Å². The number of likely N-dealkylation sites (N-methyl/N-ethyl adjacent to an activating group) is 1. The van der Waals surface area contributed by atoms with Gasteiger partial charge in [-0.25, -0.2) is 0 Å². The topological polar surface area (TPSA) is 95.8 Å². The van der Waals surface area contributed by atoms with Gasteiger partial charge >= 0.3 is 0 Å². The molecular weight excluding hydrogens is 396 g/mol. The monoisotopic (exact) mass is 424 g/mol. The van der Waals surface area contributed by atoms with Crippen LogP contribution >= 0.6 is 0 Å². The summed E-state index contributed by atoms with van der Waals surface area (Å²) in [7, 11) is 1.64. The Morgan fingerprint density at radius 1 is 1.13 bits per heavy atom. The first-order valence-corrected chi connectivity index (χ1v) is 10.5. The Morgan fingerprint density at radius 2 is 1.77 bits per heavy atom. The third kappa shape index (κ3) is 5.39. The molecule has 1 aliphatic heterocycles. The summed E-state index contributed by atoms with van der Waals surface area (Å²) in [6, 6.07) is 14.3. The predicted octanol–water partition coefficient (Wildman–Crippen LogP) is 3.47. The van der Waals surface area contributed by atoms with Gasteiger partial charge in [0.05, 0.1) is 11.5 Å². The van der Waals surface area contributed by atoms with Crippen molar-refractivity contribution in [3.8, 4) is 0 Å². The molecule has 0 bridgehead atoms. The lowest BCUT2D eigenvalue weighted by Crippen LogP contribution is -2.43. The molecule has 0 spiro atoms. The Balaban J connectivity index is 1.54. The molecular formula is C23H28N4O4. The number of nitro benzene ring substituents is 1. The standard InChI is InChI=1S/C23H28N4O4/c1-3-17-8-4-5-9-19(17)24-22(28)16-25(2)23(29)18-12-14-26(15-13-18)20-10-6-7-11-21(20)27(30)31/h4-11,18H,3,12-16H2,1-2H3,(H,24,28). The number of amides is 2. The second kappa shape index (κ2) is 10.1. The number of hydrogen-bond acceptors (Lipinski definition) is 5. The number of nitrogens with zero attached hydrogens (tertiary/aromatic N) is 3. The average Bonchev–Trinajstić information content (AvgIpc) is 2.79. The molecule has 2 amide bonds. The Kier molecular flexibility index (Phi) is 7.23. The number of carbonyl (C=O) groups is 2. The van der Waals surface area contributed by atoms with Gasteiger partial charge in [-0.05, 0) is 37.0 Å². The molecule has 1 N–H and O–H groups in total. The van der Waals surface area contributed by atoms with Crippen molar-refractivity contribution in [1.82, 2.24) is 4.90 Å². The number of nitrogens with one attached hydrogen (secondary N) is 1. The first-order chi connectivity index (χ1) is 14.9. The summed E-state index contributed by atoms with van der Waals surface area (Å²) in [5, 5.41) is 14.2. The minimum absolute atomic E-state index is 0.0126. The summed E-state index contributed by atoms with van der Waals surface area (Å²) in [5.74, 6) is -0.491. The second-order valence-corrected chi connectivity index (χ2v) is 7.76. The minimum atomic E-state index is -0.379. The molecule has 0 atom stereocenters. The van der Waals surface area contributed by atoms with E-state index in [4.69, 9.17) is 0 Å². The van der Waals surface area contributed by atoms with Gasteiger partial charge in [0.2, 0.25) is 11.8 Å². The fourth-order valence-corrected chi connectivity index (χ4v) is 4.00. The molecule has 31 heavy (non-hydrogen) atoms. The second-order valence-electron chi connectivity index (χ2n) is 7.76. The molecule has 1 aliphatic rings. The van der Waals surface area contributed by atoms with Gasteiger partial charge in [0.25, 0.3) is 5.69 Å². The van der Waals surface area contributed by atoms with Crippen molar-refractivity contribution >= 4 is 28.9 Å². The Hall–Kier alpha value is -3.42. The summed E-state index contributed by atoms with van der Waals surface area (Å²) in [5.41, 5.74) is 2.48. The Labute approximate surface area is 182 Å². The van der Waals surface area contributed by atoms with Gasteiger partial charge in [0.15, 0.2) is 0 Å². The van der Waals surface area contributed by atoms with Gasteiger partial charge in [-0.15, -0.1) is 0 Å². The number of para-hydroxylation sites is 3. The molecule has 0 saturated carbocycles. The molecule has 0 unspecified atom stereocenters. The smallest absolute Gasteiger partial charge is 0.292 e. The van der Waals surface area contributed by atoms with E-state index in [0.717, 1.165) is 17.7 Å². The van der Waals surface area contributed by atoms with E-state index < -0.39 is 0 Å². The van der Waals surface area contributed by atoms with Gasteiger partial charge in [0.1, 0.15) is 5.69 Å². The van der Waals surface area contributed by atoms with Crippen LogP contribution in [0.25, 0.3) is 0 Å². The lowest BCUT2D eigenvalue weighted by Gasteiger charge is -2.34. The van der Waals surface area contributed by atoms with Crippen LogP contribution in [-0.4, -0.2) is 48.3 Å². The summed E-state index contributed by atoms with van der Waals surface area (Å²) < 4.78 is 0. The Bertz CT molecular complexity index is 954. The molecule has 0 aliphatic carbocycles. The molecule has 2 aromatic carbocycles. The lowest BCUT2D eigenvalue weighted by atomic mass is 9.95. The van der Waals surface area contributed by atoms with E-state index >= 15 is 0 Å². The van der Waals surface area contributed by atoms with Crippen LogP contribution in [0.4, 0.5) is 17.1 Å². The van der Waals surface area contributed by atoms with E-state index in [1.807, 2.05) is 36.1 Å². The summed E-state index contributed by atoms with van der Waals surface area (Å²) in [6.07, 6.45) is 1.99. The molecule has 8 nitrogen and oxygen atoms in total. The van der Waals surface area contributed by atoms with Gasteiger partial charge in [-0.3, -0.25) is 19.7 Å². The maximum atomic E-state index is 12.8. The normalized spacial score (nSPS) is 14.2. The van der Waals surface area contributed by atoms with Crippen molar-refractivity contribution < 1.29 is 14.5 Å². The van der Waals surface area contributed by atoms with E-state index in [2.05, 4.69) is 5.32 Å². The van der Waals surface area contributed by atoms with E-state index in [0.29, 0.717) is 31.6 Å². The zero-order valence-corrected chi connectivity index (χ0v) is 17.9. The van der Waals surface area contributed by atoms with Crippen molar-refractivity contribution in [2.75, 3.05) is 36.9 Å². The summed E-state index contributed by atoms with van der Waals surface area (Å²) >= 11 is 0. The molecule has 1 fully saturated rings. The van der Waals surface area contributed by atoms with Crippen LogP contribution in [0.5, 0.6) is 0 Å². The van der Waals surface area contributed by atoms with Gasteiger partial charge in [-0.2, -0.15) is 0 Å². The first-order valence-electron chi connectivity index (χ1n) is 10.5. The maximum Gasteiger partial charge on any atom is 0.292 e. The quantitative estimate of drug-likeness (QED) is 0.542. The molecule has 2 aromatic rings. The van der Waals surface area contributed by atoms with Crippen LogP contribution in [0.2, 0.25) is 0 Å². The largest absolute Gasteiger partial charge is 0.366 e. The number of rotatable bonds is 7. The lowest BCUT2D eigenvalue weighted by molar-refractivity contribution is -0.384. The third-order valence-electron chi connectivity index (χ3n) is 5.69. The van der Waals surface area contributed by atoms with Gasteiger partial charge in [-0.1, -0.05) is 37.3 Å². The average molecular weight is 425 g/mol. The predicted molar refractivity (Wildman–Crippen MR) is 120 cm³/mol. The van der Waals surface area contributed by atoms with Gasteiger partial charge in [0, 0.05) is 37.8 Å². The van der Waals surface area contributed by atoms with Crippen LogP contribution in [-0.2, 0) is 16.0 Å². The maximum absolute atomic E-state index is 12.8. The molecule has 164 valence electrons. The zero-order chi connectivity index (χ0) is 22.4. The van der Waals surface area contributed by atoms with Crippen molar-refractivity contribution in [3.63, 3.8) is 0 Å². The third-order valence-corrected chi connectivity index (χ3v) is 5.69. The molecule has 0 aromatic heterocycles. The highest BCUT2D eigenvalue weighted by atomic mass is 16.6. The minimum Gasteiger partial charge on any atom is -0.366 e. The summed E-state index contributed by atoms with van der Waals surface area (Å²) in [4.78, 5) is 39.6. The van der Waals surface area contributed by atoms with E-state index in [1.165, 1.54) is 11.0 Å². The number of anilines is 2. The number of nitro groups is 1. The number of benzene rings is 2. The number of piperidine rings is 1. The van der Waals surface area contributed by atoms with E-state index in [1.54, 1.807) is 25.2 Å². The molecule has 0 radical (unpaired) electrons. The highest BCUT2D eigenvalue weighted by Gasteiger charge is 2.30. The number of hydrogen-bond donors (Lipinski definition) is 1. The van der Waals surface area contributed by atoms with Crippen LogP contribution in [0.1, 0.15) is 25.3 Å². The molecule has 8 heteroatoms. The van der Waals surface area contributed by atoms with Crippen molar-refractivity contribution in [3.05, 3.63) is 64.2 Å². The summed E-state index contributed by atoms with van der Waals surface area (Å²) in [6.45, 7) is 3.13. The van der Waals surface area contributed by atoms with Crippen LogP contribution in [0.3, 0.4) is 0 Å². The van der Waals surface area contributed by atoms with Crippen LogP contribution in [0.15, 0.2) is 48.5 Å². The Morgan fingerprint density at radius 3 is 2.45 bits per heavy atom. The van der Waals surface area contributed by atoms with Crippen molar-refractivity contribution in [2.45, 2.75) is 26.2 Å². The van der Waals surface area contributed by atoms with Crippen molar-refractivity contribution in [1.29, 1.82) is 0 Å². The molecule has 1 saturated heterocycles. The van der Waals surface area contributed by atoms with Crippen LogP contribution in [0, 0.1) is 16.0 Å². The number of carbonyl (C=O) groups excluding carboxylic acids is 2. The van der Waals surface area contributed by atoms with Crippen LogP contribution < -0.4 is 10.2 Å².